The van der Waals surface area contributed by atoms with Gasteiger partial charge in [-0.1, -0.05) is 42.5 Å². The molecule has 0 aliphatic carbocycles. The monoisotopic (exact) mass is 527 g/mol. The lowest BCUT2D eigenvalue weighted by atomic mass is 10.0. The number of pyridine rings is 1. The molecule has 0 N–H and O–H groups in total. The zero-order valence-corrected chi connectivity index (χ0v) is 22.0. The summed E-state index contributed by atoms with van der Waals surface area (Å²) in [5.41, 5.74) is 8.54. The van der Waals surface area contributed by atoms with Gasteiger partial charge in [-0.25, -0.2) is 9.37 Å². The van der Waals surface area contributed by atoms with Crippen LogP contribution in [0, 0.1) is 12.7 Å². The van der Waals surface area contributed by atoms with Gasteiger partial charge < -0.3 is 9.64 Å². The van der Waals surface area contributed by atoms with Crippen LogP contribution in [0.1, 0.15) is 34.1 Å². The highest BCUT2D eigenvalue weighted by molar-refractivity contribution is 5.99. The number of fused-ring (bicyclic) bond motifs is 2. The average molecular weight is 528 g/mol. The third-order valence-electron chi connectivity index (χ3n) is 6.95. The molecule has 0 unspecified atom stereocenters. The van der Waals surface area contributed by atoms with Gasteiger partial charge in [0.05, 0.1) is 11.4 Å². The van der Waals surface area contributed by atoms with Gasteiger partial charge >= 0.3 is 0 Å². The minimum absolute atomic E-state index is 0. The number of carbonyl (C=O) groups excluding carboxylic acids is 1. The van der Waals surface area contributed by atoms with E-state index in [1.54, 1.807) is 12.1 Å². The highest BCUT2D eigenvalue weighted by Crippen LogP contribution is 2.33. The van der Waals surface area contributed by atoms with Crippen molar-refractivity contribution >= 4 is 24.0 Å². The number of carbonyl (C=O) groups is 1. The van der Waals surface area contributed by atoms with Gasteiger partial charge in [-0.2, -0.15) is 0 Å². The van der Waals surface area contributed by atoms with E-state index in [1.165, 1.54) is 12.1 Å². The molecule has 0 bridgehead atoms. The van der Waals surface area contributed by atoms with E-state index in [9.17, 15) is 9.18 Å². The van der Waals surface area contributed by atoms with Crippen molar-refractivity contribution in [3.63, 3.8) is 0 Å². The van der Waals surface area contributed by atoms with Gasteiger partial charge in [-0.15, -0.1) is 12.4 Å². The van der Waals surface area contributed by atoms with Crippen LogP contribution in [-0.2, 0) is 13.2 Å². The zero-order valence-electron chi connectivity index (χ0n) is 21.1. The third kappa shape index (κ3) is 4.52. The first-order valence-electron chi connectivity index (χ1n) is 12.4. The lowest BCUT2D eigenvalue weighted by Crippen LogP contribution is -2.22. The molecule has 0 spiro atoms. The van der Waals surface area contributed by atoms with Gasteiger partial charge in [0.25, 0.3) is 5.91 Å². The Kier molecular flexibility index (Phi) is 6.91. The van der Waals surface area contributed by atoms with Crippen LogP contribution in [0.25, 0.3) is 28.0 Å². The summed E-state index contributed by atoms with van der Waals surface area (Å²) in [6.07, 6.45) is 1.99. The van der Waals surface area contributed by atoms with Crippen molar-refractivity contribution in [2.45, 2.75) is 27.0 Å². The normalized spacial score (nSPS) is 12.5. The number of imidazole rings is 1. The van der Waals surface area contributed by atoms with E-state index in [4.69, 9.17) is 9.72 Å². The summed E-state index contributed by atoms with van der Waals surface area (Å²) in [4.78, 5) is 19.2. The minimum Gasteiger partial charge on any atom is -0.485 e. The molecule has 5 aromatic rings. The molecule has 7 heteroatoms. The number of rotatable bonds is 6. The second kappa shape index (κ2) is 10.3. The predicted molar refractivity (Wildman–Crippen MR) is 149 cm³/mol. The summed E-state index contributed by atoms with van der Waals surface area (Å²) < 4.78 is 21.5. The number of nitrogens with zero attached hydrogens (tertiary/aromatic N) is 3. The van der Waals surface area contributed by atoms with Gasteiger partial charge in [-0.3, -0.25) is 9.20 Å². The van der Waals surface area contributed by atoms with Gasteiger partial charge in [0.15, 0.2) is 11.4 Å². The third-order valence-corrected chi connectivity index (χ3v) is 6.95. The summed E-state index contributed by atoms with van der Waals surface area (Å²) in [7, 11) is 0. The second-order valence-electron chi connectivity index (χ2n) is 9.30. The zero-order chi connectivity index (χ0) is 25.5. The Morgan fingerprint density at radius 3 is 2.34 bits per heavy atom. The molecule has 0 saturated heterocycles. The number of hydrogen-bond donors (Lipinski definition) is 0. The minimum atomic E-state index is -0.241. The smallest absolute Gasteiger partial charge is 0.254 e. The number of amides is 1. The van der Waals surface area contributed by atoms with Crippen molar-refractivity contribution < 1.29 is 13.9 Å². The molecule has 3 heterocycles. The van der Waals surface area contributed by atoms with Crippen LogP contribution in [-0.4, -0.2) is 26.7 Å². The number of aryl methyl sites for hydroxylation is 1. The fourth-order valence-corrected chi connectivity index (χ4v) is 5.00. The summed E-state index contributed by atoms with van der Waals surface area (Å²) in [6.45, 7) is 5.74. The van der Waals surface area contributed by atoms with E-state index >= 15 is 0 Å². The van der Waals surface area contributed by atoms with E-state index in [-0.39, 0.29) is 24.1 Å². The van der Waals surface area contributed by atoms with Crippen LogP contribution in [0.4, 0.5) is 4.39 Å². The summed E-state index contributed by atoms with van der Waals surface area (Å²) >= 11 is 0. The van der Waals surface area contributed by atoms with Crippen LogP contribution in [0.3, 0.4) is 0 Å². The average Bonchev–Trinajstić information content (AvgIpc) is 3.43. The van der Waals surface area contributed by atoms with Gasteiger partial charge in [0.1, 0.15) is 12.4 Å². The van der Waals surface area contributed by atoms with E-state index in [0.29, 0.717) is 25.4 Å². The number of aromatic nitrogens is 2. The summed E-state index contributed by atoms with van der Waals surface area (Å²) in [5.74, 6) is 0.558. The van der Waals surface area contributed by atoms with Crippen LogP contribution in [0.5, 0.6) is 5.75 Å². The van der Waals surface area contributed by atoms with Crippen LogP contribution < -0.4 is 4.74 Å². The maximum Gasteiger partial charge on any atom is 0.254 e. The fourth-order valence-electron chi connectivity index (χ4n) is 5.00. The molecule has 38 heavy (non-hydrogen) atoms. The number of ether oxygens (including phenoxy) is 1. The van der Waals surface area contributed by atoms with Gasteiger partial charge in [0.2, 0.25) is 0 Å². The van der Waals surface area contributed by atoms with E-state index in [2.05, 4.69) is 10.5 Å². The topological polar surface area (TPSA) is 46.8 Å². The van der Waals surface area contributed by atoms with Crippen molar-refractivity contribution in [1.29, 1.82) is 0 Å². The first kappa shape index (κ1) is 25.5. The Morgan fingerprint density at radius 2 is 1.63 bits per heavy atom. The molecule has 0 radical (unpaired) electrons. The van der Waals surface area contributed by atoms with Crippen molar-refractivity contribution in [2.24, 2.45) is 0 Å². The molecule has 1 aliphatic heterocycles. The first-order chi connectivity index (χ1) is 18.0. The van der Waals surface area contributed by atoms with Gasteiger partial charge in [0, 0.05) is 30.4 Å². The maximum atomic E-state index is 13.2. The Balaban J connectivity index is 0.00000294. The Morgan fingerprint density at radius 1 is 0.947 bits per heavy atom. The van der Waals surface area contributed by atoms with Crippen molar-refractivity contribution in [2.75, 3.05) is 6.54 Å². The molecular formula is C31H27ClFN3O2. The van der Waals surface area contributed by atoms with Gasteiger partial charge in [-0.05, 0) is 72.5 Å². The molecule has 1 aliphatic rings. The predicted octanol–water partition coefficient (Wildman–Crippen LogP) is 7.09. The largest absolute Gasteiger partial charge is 0.485 e. The quantitative estimate of drug-likeness (QED) is 0.237. The maximum absolute atomic E-state index is 13.2. The standard InChI is InChI=1S/C31H26FN3O2.ClH/c1-3-34-18-25-17-24(12-15-27(25)31(34)36)29-20(2)33-30-28(5-4-16-35(29)30)37-19-21-6-8-22(9-7-21)23-10-13-26(32)14-11-23;/h4-17H,3,18-19H2,1-2H3;1H. The molecule has 0 fully saturated rings. The van der Waals surface area contributed by atoms with Crippen molar-refractivity contribution in [3.05, 3.63) is 113 Å². The van der Waals surface area contributed by atoms with Crippen LogP contribution in [0.15, 0.2) is 85.1 Å². The Labute approximate surface area is 226 Å². The van der Waals surface area contributed by atoms with Crippen molar-refractivity contribution in [3.8, 4) is 28.1 Å². The second-order valence-corrected chi connectivity index (χ2v) is 9.30. The highest BCUT2D eigenvalue weighted by atomic mass is 35.5. The highest BCUT2D eigenvalue weighted by Gasteiger charge is 2.27. The molecule has 3 aromatic carbocycles. The molecule has 0 saturated carbocycles. The number of hydrogen-bond acceptors (Lipinski definition) is 3. The molecule has 5 nitrogen and oxygen atoms in total. The number of halogens is 2. The molecule has 6 rings (SSSR count). The fraction of sp³-hybridized carbons (Fsp3) is 0.161. The Hall–Kier alpha value is -4.16. The van der Waals surface area contributed by atoms with E-state index < -0.39 is 0 Å². The molecule has 2 aromatic heterocycles. The van der Waals surface area contributed by atoms with E-state index in [0.717, 1.165) is 50.4 Å². The molecule has 0 atom stereocenters. The molecule has 1 amide bonds. The number of benzene rings is 3. The van der Waals surface area contributed by atoms with Crippen LogP contribution in [0.2, 0.25) is 0 Å². The van der Waals surface area contributed by atoms with Crippen LogP contribution >= 0.6 is 12.4 Å². The summed E-state index contributed by atoms with van der Waals surface area (Å²) in [5, 5.41) is 0. The SMILES string of the molecule is CCN1Cc2cc(-c3c(C)nc4c(OCc5ccc(-c6ccc(F)cc6)cc5)cccn34)ccc2C1=O.Cl. The lowest BCUT2D eigenvalue weighted by molar-refractivity contribution is 0.0787. The molecular weight excluding hydrogens is 501 g/mol. The molecule has 192 valence electrons. The lowest BCUT2D eigenvalue weighted by Gasteiger charge is -2.11. The van der Waals surface area contributed by atoms with E-state index in [1.807, 2.05) is 73.5 Å². The van der Waals surface area contributed by atoms with Crippen molar-refractivity contribution in [1.82, 2.24) is 14.3 Å². The Bertz CT molecular complexity index is 1630. The summed E-state index contributed by atoms with van der Waals surface area (Å²) in [6, 6.07) is 24.5. The first-order valence-corrected chi connectivity index (χ1v) is 12.4.